The first-order valence-electron chi connectivity index (χ1n) is 8.02. The van der Waals surface area contributed by atoms with Crippen molar-refractivity contribution < 1.29 is 0 Å². The van der Waals surface area contributed by atoms with Crippen molar-refractivity contribution in [1.82, 2.24) is 9.80 Å². The Morgan fingerprint density at radius 1 is 0.842 bits per heavy atom. The fourth-order valence-corrected chi connectivity index (χ4v) is 5.15. The molecule has 3 rings (SSSR count). The predicted octanol–water partition coefficient (Wildman–Crippen LogP) is 4.20. The summed E-state index contributed by atoms with van der Waals surface area (Å²) >= 11 is 7.53. The average molecular weight is 299 g/mol. The lowest BCUT2D eigenvalue weighted by atomic mass is 9.93. The molecule has 0 radical (unpaired) electrons. The van der Waals surface area contributed by atoms with Crippen LogP contribution in [-0.4, -0.2) is 38.7 Å². The highest BCUT2D eigenvalue weighted by Crippen LogP contribution is 2.32. The van der Waals surface area contributed by atoms with Crippen LogP contribution in [0.4, 0.5) is 0 Å². The molecule has 1 heterocycles. The van der Waals surface area contributed by atoms with E-state index in [0.717, 1.165) is 24.6 Å². The number of thiocarbonyl (C=S) groups is 1. The third-order valence-electron chi connectivity index (χ3n) is 5.03. The van der Waals surface area contributed by atoms with Gasteiger partial charge in [-0.15, -0.1) is 0 Å². The lowest BCUT2D eigenvalue weighted by Gasteiger charge is -2.46. The van der Waals surface area contributed by atoms with Gasteiger partial charge < -0.3 is 4.90 Å². The second-order valence-corrected chi connectivity index (χ2v) is 7.90. The molecule has 0 atom stereocenters. The van der Waals surface area contributed by atoms with Gasteiger partial charge in [0.25, 0.3) is 0 Å². The molecule has 1 aliphatic heterocycles. The molecule has 2 aliphatic carbocycles. The summed E-state index contributed by atoms with van der Waals surface area (Å²) in [6.07, 6.45) is 14.1. The Kier molecular flexibility index (Phi) is 5.04. The lowest BCUT2D eigenvalue weighted by Crippen LogP contribution is -2.53. The van der Waals surface area contributed by atoms with Gasteiger partial charge >= 0.3 is 0 Å². The van der Waals surface area contributed by atoms with Gasteiger partial charge in [0, 0.05) is 12.1 Å². The molecule has 3 fully saturated rings. The lowest BCUT2D eigenvalue weighted by molar-refractivity contribution is 0.0972. The van der Waals surface area contributed by atoms with Gasteiger partial charge in [0.05, 0.1) is 12.5 Å². The molecule has 0 spiro atoms. The zero-order valence-electron chi connectivity index (χ0n) is 11.9. The van der Waals surface area contributed by atoms with Gasteiger partial charge in [-0.25, -0.2) is 0 Å². The summed E-state index contributed by atoms with van der Waals surface area (Å²) in [4.78, 5) is 5.26. The molecule has 0 bridgehead atoms. The minimum absolute atomic E-state index is 0.736. The maximum absolute atomic E-state index is 5.62. The van der Waals surface area contributed by atoms with Crippen LogP contribution in [-0.2, 0) is 0 Å². The summed E-state index contributed by atoms with van der Waals surface area (Å²) in [5.74, 6) is 1.13. The summed E-state index contributed by atoms with van der Waals surface area (Å²) in [5.41, 5.74) is 0. The number of hydrogen-bond acceptors (Lipinski definition) is 3. The SMILES string of the molecule is S=C1SCN(C2CCCCC2)CN1C1CCCCC1. The molecule has 0 aromatic carbocycles. The van der Waals surface area contributed by atoms with Crippen molar-refractivity contribution >= 4 is 28.3 Å². The molecule has 2 saturated carbocycles. The summed E-state index contributed by atoms with van der Waals surface area (Å²) in [6, 6.07) is 1.57. The fraction of sp³-hybridized carbons (Fsp3) is 0.933. The van der Waals surface area contributed by atoms with E-state index < -0.39 is 0 Å². The molecular formula is C15H26N2S2. The largest absolute Gasteiger partial charge is 0.341 e. The van der Waals surface area contributed by atoms with Crippen molar-refractivity contribution in [2.24, 2.45) is 0 Å². The number of rotatable bonds is 2. The van der Waals surface area contributed by atoms with Crippen LogP contribution in [0.1, 0.15) is 64.2 Å². The van der Waals surface area contributed by atoms with Crippen molar-refractivity contribution in [3.8, 4) is 0 Å². The molecule has 4 heteroatoms. The van der Waals surface area contributed by atoms with Crippen LogP contribution < -0.4 is 0 Å². The molecule has 3 aliphatic rings. The van der Waals surface area contributed by atoms with Gasteiger partial charge in [-0.05, 0) is 25.7 Å². The van der Waals surface area contributed by atoms with Crippen LogP contribution in [0, 0.1) is 0 Å². The first kappa shape index (κ1) is 14.2. The van der Waals surface area contributed by atoms with Gasteiger partial charge in [0.15, 0.2) is 0 Å². The van der Waals surface area contributed by atoms with Crippen LogP contribution >= 0.6 is 24.0 Å². The molecule has 19 heavy (non-hydrogen) atoms. The number of thioether (sulfide) groups is 1. The predicted molar refractivity (Wildman–Crippen MR) is 87.3 cm³/mol. The second-order valence-electron chi connectivity index (χ2n) is 6.32. The van der Waals surface area contributed by atoms with E-state index in [-0.39, 0.29) is 0 Å². The Balaban J connectivity index is 1.60. The topological polar surface area (TPSA) is 6.48 Å². The van der Waals surface area contributed by atoms with Gasteiger partial charge in [-0.2, -0.15) is 0 Å². The molecule has 0 amide bonds. The smallest absolute Gasteiger partial charge is 0.138 e. The van der Waals surface area contributed by atoms with Gasteiger partial charge in [-0.3, -0.25) is 4.90 Å². The molecule has 2 nitrogen and oxygen atoms in total. The van der Waals surface area contributed by atoms with Crippen LogP contribution in [0.2, 0.25) is 0 Å². The van der Waals surface area contributed by atoms with E-state index in [0.29, 0.717) is 0 Å². The van der Waals surface area contributed by atoms with Crippen molar-refractivity contribution in [3.63, 3.8) is 0 Å². The van der Waals surface area contributed by atoms with Gasteiger partial charge in [-0.1, -0.05) is 62.5 Å². The number of hydrogen-bond donors (Lipinski definition) is 0. The minimum atomic E-state index is 0.736. The fourth-order valence-electron chi connectivity index (χ4n) is 3.84. The van der Waals surface area contributed by atoms with Gasteiger partial charge in [0.2, 0.25) is 0 Å². The van der Waals surface area contributed by atoms with E-state index in [2.05, 4.69) is 9.80 Å². The van der Waals surface area contributed by atoms with Crippen molar-refractivity contribution in [1.29, 1.82) is 0 Å². The Labute approximate surface area is 127 Å². The molecular weight excluding hydrogens is 272 g/mol. The Bertz CT molecular complexity index is 309. The number of nitrogens with zero attached hydrogens (tertiary/aromatic N) is 2. The average Bonchev–Trinajstić information content (AvgIpc) is 2.49. The van der Waals surface area contributed by atoms with Crippen LogP contribution in [0.5, 0.6) is 0 Å². The first-order chi connectivity index (χ1) is 9.34. The summed E-state index contributed by atoms with van der Waals surface area (Å²) in [7, 11) is 0. The van der Waals surface area contributed by atoms with E-state index >= 15 is 0 Å². The van der Waals surface area contributed by atoms with Gasteiger partial charge in [0.1, 0.15) is 4.32 Å². The van der Waals surface area contributed by atoms with E-state index in [1.54, 1.807) is 0 Å². The highest BCUT2D eigenvalue weighted by molar-refractivity contribution is 8.22. The van der Waals surface area contributed by atoms with Crippen molar-refractivity contribution in [3.05, 3.63) is 0 Å². The van der Waals surface area contributed by atoms with Crippen LogP contribution in [0.25, 0.3) is 0 Å². The van der Waals surface area contributed by atoms with Crippen molar-refractivity contribution in [2.75, 3.05) is 12.5 Å². The Hall–Kier alpha value is 0.200. The molecule has 0 aromatic rings. The highest BCUT2D eigenvalue weighted by Gasteiger charge is 2.32. The molecule has 108 valence electrons. The third-order valence-corrected chi connectivity index (χ3v) is 6.56. The maximum atomic E-state index is 5.62. The highest BCUT2D eigenvalue weighted by atomic mass is 32.2. The Morgan fingerprint density at radius 2 is 1.42 bits per heavy atom. The summed E-state index contributed by atoms with van der Waals surface area (Å²) in [6.45, 7) is 1.11. The van der Waals surface area contributed by atoms with E-state index in [1.807, 2.05) is 11.8 Å². The normalized spacial score (nSPS) is 28.8. The van der Waals surface area contributed by atoms with Crippen LogP contribution in [0.15, 0.2) is 0 Å². The molecule has 1 saturated heterocycles. The molecule has 0 unspecified atom stereocenters. The minimum Gasteiger partial charge on any atom is -0.341 e. The monoisotopic (exact) mass is 298 g/mol. The van der Waals surface area contributed by atoms with E-state index in [9.17, 15) is 0 Å². The molecule has 0 aromatic heterocycles. The standard InChI is InChI=1S/C15H26N2S2/c18-15-17(14-9-5-2-6-10-14)11-16(12-19-15)13-7-3-1-4-8-13/h13-14H,1-12H2. The van der Waals surface area contributed by atoms with E-state index in [4.69, 9.17) is 12.2 Å². The van der Waals surface area contributed by atoms with Crippen LogP contribution in [0.3, 0.4) is 0 Å². The molecule has 0 N–H and O–H groups in total. The zero-order chi connectivity index (χ0) is 13.1. The summed E-state index contributed by atoms with van der Waals surface area (Å²) < 4.78 is 1.17. The van der Waals surface area contributed by atoms with Crippen molar-refractivity contribution in [2.45, 2.75) is 76.3 Å². The maximum Gasteiger partial charge on any atom is 0.138 e. The first-order valence-corrected chi connectivity index (χ1v) is 9.41. The zero-order valence-corrected chi connectivity index (χ0v) is 13.5. The second kappa shape index (κ2) is 6.77. The quantitative estimate of drug-likeness (QED) is 0.704. The Morgan fingerprint density at radius 3 is 2.05 bits per heavy atom. The third kappa shape index (κ3) is 3.45. The van der Waals surface area contributed by atoms with E-state index in [1.165, 1.54) is 68.5 Å². The summed E-state index contributed by atoms with van der Waals surface area (Å²) in [5, 5.41) is 0.